The molecular formula is C6H8IN2+. The summed E-state index contributed by atoms with van der Waals surface area (Å²) in [6, 6.07) is 2.03. The van der Waals surface area contributed by atoms with E-state index in [9.17, 15) is 0 Å². The minimum absolute atomic E-state index is 0.746. The molecule has 1 rings (SSSR count). The molecule has 0 spiro atoms. The Morgan fingerprint density at radius 3 is 2.78 bits per heavy atom. The highest BCUT2D eigenvalue weighted by Crippen LogP contribution is 2.06. The van der Waals surface area contributed by atoms with Crippen molar-refractivity contribution < 1.29 is 4.98 Å². The van der Waals surface area contributed by atoms with Gasteiger partial charge in [-0.3, -0.25) is 5.73 Å². The fraction of sp³-hybridized carbons (Fsp3) is 0.167. The largest absolute Gasteiger partial charge is 0.287 e. The first kappa shape index (κ1) is 6.80. The van der Waals surface area contributed by atoms with Gasteiger partial charge in [0.05, 0.1) is 3.57 Å². The third kappa shape index (κ3) is 1.54. The van der Waals surface area contributed by atoms with Crippen LogP contribution in [0, 0.1) is 10.5 Å². The van der Waals surface area contributed by atoms with Crippen molar-refractivity contribution in [3.8, 4) is 0 Å². The van der Waals surface area contributed by atoms with Crippen molar-refractivity contribution >= 4 is 28.4 Å². The van der Waals surface area contributed by atoms with Gasteiger partial charge in [0.1, 0.15) is 6.20 Å². The molecule has 0 amide bonds. The van der Waals surface area contributed by atoms with Gasteiger partial charge in [-0.25, -0.2) is 4.98 Å². The molecule has 0 aliphatic rings. The molecule has 0 atom stereocenters. The first-order chi connectivity index (χ1) is 4.20. The van der Waals surface area contributed by atoms with E-state index in [1.165, 1.54) is 3.57 Å². The Labute approximate surface area is 67.6 Å². The van der Waals surface area contributed by atoms with E-state index in [-0.39, 0.29) is 0 Å². The SMILES string of the molecule is Cc1cc(I)c[nH+]c1N. The number of anilines is 1. The van der Waals surface area contributed by atoms with Crippen molar-refractivity contribution in [2.45, 2.75) is 6.92 Å². The summed E-state index contributed by atoms with van der Waals surface area (Å²) in [5, 5.41) is 0. The van der Waals surface area contributed by atoms with Gasteiger partial charge < -0.3 is 0 Å². The number of pyridine rings is 1. The van der Waals surface area contributed by atoms with Gasteiger partial charge in [0.15, 0.2) is 0 Å². The number of rotatable bonds is 0. The van der Waals surface area contributed by atoms with E-state index in [1.807, 2.05) is 19.2 Å². The molecule has 2 nitrogen and oxygen atoms in total. The van der Waals surface area contributed by atoms with Crippen LogP contribution in [0.25, 0.3) is 0 Å². The van der Waals surface area contributed by atoms with Crippen LogP contribution in [-0.2, 0) is 0 Å². The third-order valence-electron chi connectivity index (χ3n) is 1.14. The molecule has 1 heterocycles. The standard InChI is InChI=1S/C6H7IN2/c1-4-2-5(7)3-9-6(4)8/h2-3H,1H3,(H2,8,9)/p+1. The number of nitrogen functional groups attached to an aromatic ring is 1. The maximum absolute atomic E-state index is 5.53. The zero-order chi connectivity index (χ0) is 6.85. The van der Waals surface area contributed by atoms with E-state index in [0.29, 0.717) is 0 Å². The maximum Gasteiger partial charge on any atom is 0.273 e. The van der Waals surface area contributed by atoms with E-state index in [4.69, 9.17) is 5.73 Å². The molecule has 0 unspecified atom stereocenters. The quantitative estimate of drug-likeness (QED) is 0.669. The number of nitrogens with two attached hydrogens (primary N) is 1. The van der Waals surface area contributed by atoms with E-state index >= 15 is 0 Å². The molecule has 3 heteroatoms. The average Bonchev–Trinajstić information content (AvgIpc) is 1.80. The summed E-state index contributed by atoms with van der Waals surface area (Å²) in [6.07, 6.45) is 1.88. The normalized spacial score (nSPS) is 9.56. The number of aromatic nitrogens is 1. The van der Waals surface area contributed by atoms with Crippen molar-refractivity contribution in [1.29, 1.82) is 0 Å². The van der Waals surface area contributed by atoms with Gasteiger partial charge in [0.25, 0.3) is 5.82 Å². The summed E-state index contributed by atoms with van der Waals surface area (Å²) in [4.78, 5) is 2.94. The van der Waals surface area contributed by atoms with Crippen LogP contribution in [0.1, 0.15) is 5.56 Å². The lowest BCUT2D eigenvalue weighted by atomic mass is 10.3. The summed E-state index contributed by atoms with van der Waals surface area (Å²) < 4.78 is 1.18. The van der Waals surface area contributed by atoms with Crippen LogP contribution in [0.3, 0.4) is 0 Å². The summed E-state index contributed by atoms with van der Waals surface area (Å²) in [7, 11) is 0. The van der Waals surface area contributed by atoms with Gasteiger partial charge in [-0.1, -0.05) is 0 Å². The number of halogens is 1. The predicted molar refractivity (Wildman–Crippen MR) is 44.9 cm³/mol. The molecule has 3 N–H and O–H groups in total. The summed E-state index contributed by atoms with van der Waals surface area (Å²) >= 11 is 2.24. The minimum Gasteiger partial charge on any atom is -0.287 e. The first-order valence-corrected chi connectivity index (χ1v) is 3.71. The van der Waals surface area contributed by atoms with Crippen molar-refractivity contribution in [2.24, 2.45) is 0 Å². The lowest BCUT2D eigenvalue weighted by Gasteiger charge is -1.91. The summed E-state index contributed by atoms with van der Waals surface area (Å²) in [6.45, 7) is 1.98. The number of H-pyrrole nitrogens is 1. The van der Waals surface area contributed by atoms with Gasteiger partial charge in [-0.05, 0) is 35.6 Å². The average molecular weight is 235 g/mol. The maximum atomic E-state index is 5.53. The minimum atomic E-state index is 0.746. The van der Waals surface area contributed by atoms with E-state index in [2.05, 4.69) is 27.6 Å². The van der Waals surface area contributed by atoms with Crippen molar-refractivity contribution in [2.75, 3.05) is 5.73 Å². The van der Waals surface area contributed by atoms with Gasteiger partial charge >= 0.3 is 0 Å². The summed E-state index contributed by atoms with van der Waals surface area (Å²) in [5.74, 6) is 0.746. The molecular weight excluding hydrogens is 227 g/mol. The van der Waals surface area contributed by atoms with Gasteiger partial charge in [0, 0.05) is 5.56 Å². The van der Waals surface area contributed by atoms with Crippen LogP contribution in [0.2, 0.25) is 0 Å². The Bertz CT molecular complexity index is 222. The fourth-order valence-corrected chi connectivity index (χ4v) is 1.21. The van der Waals surface area contributed by atoms with Crippen molar-refractivity contribution in [3.05, 3.63) is 21.4 Å². The lowest BCUT2D eigenvalue weighted by Crippen LogP contribution is -2.11. The Kier molecular flexibility index (Phi) is 1.90. The number of aromatic amines is 1. The second kappa shape index (κ2) is 2.51. The molecule has 0 bridgehead atoms. The van der Waals surface area contributed by atoms with E-state index < -0.39 is 0 Å². The van der Waals surface area contributed by atoms with E-state index in [0.717, 1.165) is 11.4 Å². The Morgan fingerprint density at radius 2 is 2.33 bits per heavy atom. The van der Waals surface area contributed by atoms with Crippen LogP contribution in [0.4, 0.5) is 5.82 Å². The molecule has 0 aliphatic heterocycles. The monoisotopic (exact) mass is 235 g/mol. The Hall–Kier alpha value is -0.320. The highest BCUT2D eigenvalue weighted by Gasteiger charge is 1.98. The zero-order valence-corrected chi connectivity index (χ0v) is 7.27. The zero-order valence-electron chi connectivity index (χ0n) is 5.11. The highest BCUT2D eigenvalue weighted by atomic mass is 127. The molecule has 9 heavy (non-hydrogen) atoms. The van der Waals surface area contributed by atoms with Crippen molar-refractivity contribution in [3.63, 3.8) is 0 Å². The van der Waals surface area contributed by atoms with Crippen LogP contribution < -0.4 is 10.7 Å². The van der Waals surface area contributed by atoms with Gasteiger partial charge in [-0.15, -0.1) is 0 Å². The van der Waals surface area contributed by atoms with Crippen molar-refractivity contribution in [1.82, 2.24) is 0 Å². The molecule has 0 fully saturated rings. The molecule has 1 aromatic rings. The topological polar surface area (TPSA) is 40.2 Å². The molecule has 0 radical (unpaired) electrons. The number of nitrogens with one attached hydrogen (secondary N) is 1. The number of aryl methyl sites for hydroxylation is 1. The van der Waals surface area contributed by atoms with Crippen LogP contribution in [-0.4, -0.2) is 0 Å². The number of hydrogen-bond donors (Lipinski definition) is 1. The second-order valence-electron chi connectivity index (χ2n) is 1.91. The molecule has 48 valence electrons. The lowest BCUT2D eigenvalue weighted by molar-refractivity contribution is -0.361. The van der Waals surface area contributed by atoms with Crippen LogP contribution in [0.5, 0.6) is 0 Å². The fourth-order valence-electron chi connectivity index (χ4n) is 0.587. The van der Waals surface area contributed by atoms with Gasteiger partial charge in [0.2, 0.25) is 0 Å². The summed E-state index contributed by atoms with van der Waals surface area (Å²) in [5.41, 5.74) is 6.63. The first-order valence-electron chi connectivity index (χ1n) is 2.63. The molecule has 0 saturated carbocycles. The Morgan fingerprint density at radius 1 is 1.67 bits per heavy atom. The molecule has 0 aromatic carbocycles. The molecule has 1 aromatic heterocycles. The van der Waals surface area contributed by atoms with Gasteiger partial charge in [-0.2, -0.15) is 0 Å². The van der Waals surface area contributed by atoms with Crippen LogP contribution in [0.15, 0.2) is 12.3 Å². The molecule has 0 aliphatic carbocycles. The highest BCUT2D eigenvalue weighted by molar-refractivity contribution is 14.1. The van der Waals surface area contributed by atoms with Crippen LogP contribution >= 0.6 is 22.6 Å². The number of hydrogen-bond acceptors (Lipinski definition) is 1. The Balaban J connectivity index is 3.17. The van der Waals surface area contributed by atoms with E-state index in [1.54, 1.807) is 0 Å². The molecule has 0 saturated heterocycles. The second-order valence-corrected chi connectivity index (χ2v) is 3.16. The third-order valence-corrected chi connectivity index (χ3v) is 1.77. The predicted octanol–water partition coefficient (Wildman–Crippen LogP) is 0.996. The smallest absolute Gasteiger partial charge is 0.273 e.